The van der Waals surface area contributed by atoms with Gasteiger partial charge in [-0.05, 0) is 49.1 Å². The van der Waals surface area contributed by atoms with Crippen molar-refractivity contribution in [2.75, 3.05) is 13.2 Å². The molecule has 2 aromatic rings. The van der Waals surface area contributed by atoms with Gasteiger partial charge < -0.3 is 15.4 Å². The summed E-state index contributed by atoms with van der Waals surface area (Å²) >= 11 is 1.40. The Morgan fingerprint density at radius 2 is 2.03 bits per heavy atom. The molecule has 156 valence electrons. The maximum Gasteiger partial charge on any atom is 0.262 e. The molecule has 1 aromatic carbocycles. The van der Waals surface area contributed by atoms with E-state index < -0.39 is 12.1 Å². The Kier molecular flexibility index (Phi) is 7.39. The number of Topliss-reactive ketones (excluding diaryl/α,β-unsaturated/α-hetero) is 1. The molecule has 2 heterocycles. The van der Waals surface area contributed by atoms with Crippen molar-refractivity contribution >= 4 is 39.0 Å². The molecule has 2 atom stereocenters. The number of fused-ring (bicyclic) bond motifs is 1. The first-order valence-electron chi connectivity index (χ1n) is 10.1. The van der Waals surface area contributed by atoms with Gasteiger partial charge in [-0.2, -0.15) is 0 Å². The molecule has 2 amide bonds. The second-order valence-corrected chi connectivity index (χ2v) is 8.96. The molecule has 0 unspecified atom stereocenters. The molecule has 0 saturated carbocycles. The van der Waals surface area contributed by atoms with Crippen molar-refractivity contribution in [1.82, 2.24) is 10.6 Å². The summed E-state index contributed by atoms with van der Waals surface area (Å²) in [5.74, 6) is -0.478. The molecule has 1 aliphatic heterocycles. The lowest BCUT2D eigenvalue weighted by Crippen LogP contribution is -2.52. The van der Waals surface area contributed by atoms with Crippen molar-refractivity contribution in [3.63, 3.8) is 0 Å². The molecule has 29 heavy (non-hydrogen) atoms. The number of nitrogens with one attached hydrogen (secondary N) is 2. The van der Waals surface area contributed by atoms with Crippen LogP contribution in [0.15, 0.2) is 30.3 Å². The second-order valence-electron chi connectivity index (χ2n) is 7.88. The number of ether oxygens (including phenoxy) is 1. The minimum Gasteiger partial charge on any atom is -0.374 e. The number of hydrogen-bond acceptors (Lipinski definition) is 5. The van der Waals surface area contributed by atoms with Gasteiger partial charge in [0.15, 0.2) is 5.78 Å². The lowest BCUT2D eigenvalue weighted by atomic mass is 10.0. The highest BCUT2D eigenvalue weighted by atomic mass is 32.1. The number of ketones is 1. The molecule has 3 rings (SSSR count). The predicted octanol–water partition coefficient (Wildman–Crippen LogP) is 3.30. The molecule has 1 saturated heterocycles. The number of thiophene rings is 1. The molecule has 7 heteroatoms. The SMILES string of the molecule is CC(C)C[C@H](NC(=O)c1cc2ccccc2s1)C(=O)N[C@H]1CCCCOCC1=O. The highest BCUT2D eigenvalue weighted by molar-refractivity contribution is 7.20. The van der Waals surface area contributed by atoms with Crippen molar-refractivity contribution < 1.29 is 19.1 Å². The Hall–Kier alpha value is -2.25. The highest BCUT2D eigenvalue weighted by Crippen LogP contribution is 2.25. The third-order valence-corrected chi connectivity index (χ3v) is 6.07. The Labute approximate surface area is 175 Å². The van der Waals surface area contributed by atoms with Crippen LogP contribution < -0.4 is 10.6 Å². The van der Waals surface area contributed by atoms with E-state index in [0.29, 0.717) is 24.3 Å². The first kappa shape index (κ1) is 21.5. The minimum atomic E-state index is -0.688. The van der Waals surface area contributed by atoms with Gasteiger partial charge in [-0.25, -0.2) is 0 Å². The molecule has 2 N–H and O–H groups in total. The summed E-state index contributed by atoms with van der Waals surface area (Å²) < 4.78 is 6.34. The quantitative estimate of drug-likeness (QED) is 0.757. The molecule has 0 aliphatic carbocycles. The van der Waals surface area contributed by atoms with Crippen LogP contribution in [0.25, 0.3) is 10.1 Å². The van der Waals surface area contributed by atoms with E-state index in [-0.39, 0.29) is 30.1 Å². The van der Waals surface area contributed by atoms with E-state index in [9.17, 15) is 14.4 Å². The van der Waals surface area contributed by atoms with Gasteiger partial charge in [0.25, 0.3) is 5.91 Å². The van der Waals surface area contributed by atoms with Crippen LogP contribution >= 0.6 is 11.3 Å². The Morgan fingerprint density at radius 1 is 1.24 bits per heavy atom. The molecular weight excluding hydrogens is 388 g/mol. The highest BCUT2D eigenvalue weighted by Gasteiger charge is 2.28. The van der Waals surface area contributed by atoms with Crippen LogP contribution in [0.1, 0.15) is 49.2 Å². The molecular formula is C22H28N2O4S. The summed E-state index contributed by atoms with van der Waals surface area (Å²) in [4.78, 5) is 38.6. The fourth-order valence-electron chi connectivity index (χ4n) is 3.44. The van der Waals surface area contributed by atoms with E-state index in [1.165, 1.54) is 11.3 Å². The standard InChI is InChI=1S/C22H28N2O4S/c1-14(2)11-17(21(26)23-16-8-5-6-10-28-13-18(16)25)24-22(27)20-12-15-7-3-4-9-19(15)29-20/h3-4,7,9,12,14,16-17H,5-6,8,10-11,13H2,1-2H3,(H,23,26)(H,24,27)/t16-,17-/m0/s1. The van der Waals surface area contributed by atoms with Gasteiger partial charge >= 0.3 is 0 Å². The van der Waals surface area contributed by atoms with Crippen molar-refractivity contribution in [3.8, 4) is 0 Å². The van der Waals surface area contributed by atoms with Crippen LogP contribution in [0, 0.1) is 5.92 Å². The van der Waals surface area contributed by atoms with Crippen LogP contribution in [0.4, 0.5) is 0 Å². The van der Waals surface area contributed by atoms with Crippen LogP contribution in [0.3, 0.4) is 0 Å². The molecule has 1 aromatic heterocycles. The zero-order chi connectivity index (χ0) is 20.8. The van der Waals surface area contributed by atoms with Crippen LogP contribution in [0.5, 0.6) is 0 Å². The fourth-order valence-corrected chi connectivity index (χ4v) is 4.40. The van der Waals surface area contributed by atoms with Crippen molar-refractivity contribution in [2.24, 2.45) is 5.92 Å². The first-order chi connectivity index (χ1) is 13.9. The summed E-state index contributed by atoms with van der Waals surface area (Å²) in [5, 5.41) is 6.73. The van der Waals surface area contributed by atoms with Crippen molar-refractivity contribution in [1.29, 1.82) is 0 Å². The summed E-state index contributed by atoms with van der Waals surface area (Å²) in [6.07, 6.45) is 2.80. The summed E-state index contributed by atoms with van der Waals surface area (Å²) in [7, 11) is 0. The molecule has 0 bridgehead atoms. The lowest BCUT2D eigenvalue weighted by molar-refractivity contribution is -0.132. The second kappa shape index (κ2) is 9.98. The van der Waals surface area contributed by atoms with Crippen molar-refractivity contribution in [2.45, 2.75) is 51.6 Å². The minimum absolute atomic E-state index is 0.0218. The lowest BCUT2D eigenvalue weighted by Gasteiger charge is -2.25. The van der Waals surface area contributed by atoms with Crippen LogP contribution in [0.2, 0.25) is 0 Å². The molecule has 1 fully saturated rings. The zero-order valence-corrected chi connectivity index (χ0v) is 17.7. The van der Waals surface area contributed by atoms with Gasteiger partial charge in [0, 0.05) is 11.3 Å². The maximum absolute atomic E-state index is 12.9. The van der Waals surface area contributed by atoms with Gasteiger partial charge in [0.1, 0.15) is 12.6 Å². The van der Waals surface area contributed by atoms with Gasteiger partial charge in [0.2, 0.25) is 5.91 Å². The third kappa shape index (κ3) is 5.87. The van der Waals surface area contributed by atoms with Gasteiger partial charge in [-0.15, -0.1) is 11.3 Å². The zero-order valence-electron chi connectivity index (χ0n) is 16.9. The van der Waals surface area contributed by atoms with Gasteiger partial charge in [-0.1, -0.05) is 32.0 Å². The van der Waals surface area contributed by atoms with Crippen LogP contribution in [-0.4, -0.2) is 42.9 Å². The predicted molar refractivity (Wildman–Crippen MR) is 114 cm³/mol. The topological polar surface area (TPSA) is 84.5 Å². The molecule has 1 aliphatic rings. The third-order valence-electron chi connectivity index (χ3n) is 4.96. The Balaban J connectivity index is 1.69. The van der Waals surface area contributed by atoms with E-state index in [0.717, 1.165) is 22.9 Å². The van der Waals surface area contributed by atoms with Crippen molar-refractivity contribution in [3.05, 3.63) is 35.2 Å². The average molecular weight is 417 g/mol. The van der Waals surface area contributed by atoms with E-state index in [1.807, 2.05) is 44.2 Å². The number of carbonyl (C=O) groups excluding carboxylic acids is 3. The number of amides is 2. The average Bonchev–Trinajstić information content (AvgIpc) is 3.11. The smallest absolute Gasteiger partial charge is 0.262 e. The number of rotatable bonds is 6. The largest absolute Gasteiger partial charge is 0.374 e. The van der Waals surface area contributed by atoms with Gasteiger partial charge in [-0.3, -0.25) is 14.4 Å². The summed E-state index contributed by atoms with van der Waals surface area (Å²) in [5.41, 5.74) is 0. The van der Waals surface area contributed by atoms with Gasteiger partial charge in [0.05, 0.1) is 10.9 Å². The molecule has 6 nitrogen and oxygen atoms in total. The first-order valence-corrected chi connectivity index (χ1v) is 11.0. The van der Waals surface area contributed by atoms with E-state index in [4.69, 9.17) is 4.74 Å². The number of benzene rings is 1. The normalized spacial score (nSPS) is 18.9. The molecule has 0 radical (unpaired) electrons. The van der Waals surface area contributed by atoms with E-state index in [1.54, 1.807) is 0 Å². The summed E-state index contributed by atoms with van der Waals surface area (Å²) in [6, 6.07) is 8.40. The summed E-state index contributed by atoms with van der Waals surface area (Å²) in [6.45, 7) is 4.60. The molecule has 0 spiro atoms. The van der Waals surface area contributed by atoms with E-state index >= 15 is 0 Å². The number of carbonyl (C=O) groups is 3. The van der Waals surface area contributed by atoms with Crippen LogP contribution in [-0.2, 0) is 14.3 Å². The Bertz CT molecular complexity index is 844. The fraction of sp³-hybridized carbons (Fsp3) is 0.500. The monoisotopic (exact) mass is 416 g/mol. The number of hydrogen-bond donors (Lipinski definition) is 2. The maximum atomic E-state index is 12.9. The van der Waals surface area contributed by atoms with E-state index in [2.05, 4.69) is 10.6 Å². The Morgan fingerprint density at radius 3 is 2.79 bits per heavy atom.